The van der Waals surface area contributed by atoms with Crippen LogP contribution < -0.4 is 5.32 Å². The van der Waals surface area contributed by atoms with Crippen molar-refractivity contribution in [3.63, 3.8) is 0 Å². The summed E-state index contributed by atoms with van der Waals surface area (Å²) in [5, 5.41) is 3.62. The molecule has 0 unspecified atom stereocenters. The standard InChI is InChI=1S/C15H22FNS/c16-14-9-4-5-10-15(14)18-12-6-11-17-13-7-2-1-3-8-13/h4-5,9-10,13,17H,1-3,6-8,11-12H2. The van der Waals surface area contributed by atoms with E-state index < -0.39 is 0 Å². The van der Waals surface area contributed by atoms with Gasteiger partial charge in [0, 0.05) is 10.9 Å². The third kappa shape index (κ3) is 4.62. The van der Waals surface area contributed by atoms with Crippen LogP contribution >= 0.6 is 11.8 Å². The molecule has 1 nitrogen and oxygen atoms in total. The van der Waals surface area contributed by atoms with Gasteiger partial charge in [0.15, 0.2) is 0 Å². The van der Waals surface area contributed by atoms with Gasteiger partial charge in [0.25, 0.3) is 0 Å². The van der Waals surface area contributed by atoms with Crippen molar-refractivity contribution in [3.8, 4) is 0 Å². The van der Waals surface area contributed by atoms with Crippen molar-refractivity contribution >= 4 is 11.8 Å². The lowest BCUT2D eigenvalue weighted by Crippen LogP contribution is -2.31. The van der Waals surface area contributed by atoms with Crippen LogP contribution in [0, 0.1) is 5.82 Å². The zero-order valence-electron chi connectivity index (χ0n) is 10.8. The Labute approximate surface area is 114 Å². The van der Waals surface area contributed by atoms with Crippen molar-refractivity contribution in [1.82, 2.24) is 5.32 Å². The summed E-state index contributed by atoms with van der Waals surface area (Å²) in [5.74, 6) is 0.892. The van der Waals surface area contributed by atoms with Gasteiger partial charge in [0.1, 0.15) is 5.82 Å². The van der Waals surface area contributed by atoms with E-state index in [2.05, 4.69) is 5.32 Å². The second-order valence-electron chi connectivity index (χ2n) is 4.92. The van der Waals surface area contributed by atoms with Crippen LogP contribution in [0.15, 0.2) is 29.2 Å². The van der Waals surface area contributed by atoms with Gasteiger partial charge in [-0.2, -0.15) is 0 Å². The fraction of sp³-hybridized carbons (Fsp3) is 0.600. The maximum Gasteiger partial charge on any atom is 0.136 e. The quantitative estimate of drug-likeness (QED) is 0.611. The van der Waals surface area contributed by atoms with E-state index in [0.29, 0.717) is 0 Å². The molecule has 0 bridgehead atoms. The second kappa shape index (κ2) is 7.80. The minimum absolute atomic E-state index is 0.0947. The molecule has 1 aromatic rings. The molecule has 1 aliphatic rings. The van der Waals surface area contributed by atoms with Crippen molar-refractivity contribution in [2.24, 2.45) is 0 Å². The lowest BCUT2D eigenvalue weighted by atomic mass is 9.95. The third-order valence-electron chi connectivity index (χ3n) is 3.45. The van der Waals surface area contributed by atoms with E-state index in [9.17, 15) is 4.39 Å². The summed E-state index contributed by atoms with van der Waals surface area (Å²) in [6.07, 6.45) is 7.93. The molecule has 0 aliphatic heterocycles. The van der Waals surface area contributed by atoms with E-state index in [1.165, 1.54) is 38.2 Å². The zero-order chi connectivity index (χ0) is 12.6. The summed E-state index contributed by atoms with van der Waals surface area (Å²) in [5.41, 5.74) is 0. The molecule has 0 atom stereocenters. The molecule has 1 N–H and O–H groups in total. The van der Waals surface area contributed by atoms with Crippen LogP contribution in [-0.2, 0) is 0 Å². The first-order chi connectivity index (χ1) is 8.86. The summed E-state index contributed by atoms with van der Waals surface area (Å²) in [7, 11) is 0. The van der Waals surface area contributed by atoms with Crippen molar-refractivity contribution in [2.45, 2.75) is 49.5 Å². The van der Waals surface area contributed by atoms with Crippen LogP contribution in [0.1, 0.15) is 38.5 Å². The first-order valence-corrected chi connectivity index (χ1v) is 7.95. The molecule has 0 radical (unpaired) electrons. The second-order valence-corrected chi connectivity index (χ2v) is 6.06. The topological polar surface area (TPSA) is 12.0 Å². The van der Waals surface area contributed by atoms with Gasteiger partial charge in [-0.1, -0.05) is 31.4 Å². The number of hydrogen-bond donors (Lipinski definition) is 1. The third-order valence-corrected chi connectivity index (χ3v) is 4.59. The molecular formula is C15H22FNS. The Bertz CT molecular complexity index is 350. The van der Waals surface area contributed by atoms with E-state index in [4.69, 9.17) is 0 Å². The molecule has 3 heteroatoms. The smallest absolute Gasteiger partial charge is 0.136 e. The SMILES string of the molecule is Fc1ccccc1SCCCNC1CCCCC1. The number of rotatable bonds is 6. The Kier molecular flexibility index (Phi) is 6.01. The first-order valence-electron chi connectivity index (χ1n) is 6.97. The minimum atomic E-state index is -0.0947. The lowest BCUT2D eigenvalue weighted by molar-refractivity contribution is 0.375. The lowest BCUT2D eigenvalue weighted by Gasteiger charge is -2.22. The highest BCUT2D eigenvalue weighted by molar-refractivity contribution is 7.99. The molecule has 100 valence electrons. The zero-order valence-corrected chi connectivity index (χ0v) is 11.6. The number of benzene rings is 1. The van der Waals surface area contributed by atoms with Crippen LogP contribution in [0.2, 0.25) is 0 Å². The van der Waals surface area contributed by atoms with Crippen molar-refractivity contribution in [3.05, 3.63) is 30.1 Å². The highest BCUT2D eigenvalue weighted by Gasteiger charge is 2.11. The average Bonchev–Trinajstić information content (AvgIpc) is 2.42. The van der Waals surface area contributed by atoms with Crippen LogP contribution in [0.4, 0.5) is 4.39 Å². The predicted molar refractivity (Wildman–Crippen MR) is 76.6 cm³/mol. The molecule has 1 aliphatic carbocycles. The molecular weight excluding hydrogens is 245 g/mol. The van der Waals surface area contributed by atoms with E-state index in [1.54, 1.807) is 17.8 Å². The van der Waals surface area contributed by atoms with Crippen molar-refractivity contribution in [2.75, 3.05) is 12.3 Å². The van der Waals surface area contributed by atoms with Gasteiger partial charge in [0.05, 0.1) is 0 Å². The summed E-state index contributed by atoms with van der Waals surface area (Å²) >= 11 is 1.62. The highest BCUT2D eigenvalue weighted by Crippen LogP contribution is 2.22. The maximum absolute atomic E-state index is 13.4. The van der Waals surface area contributed by atoms with E-state index in [0.717, 1.165) is 29.7 Å². The molecule has 0 aromatic heterocycles. The predicted octanol–water partition coefficient (Wildman–Crippen LogP) is 4.23. The van der Waals surface area contributed by atoms with Crippen molar-refractivity contribution in [1.29, 1.82) is 0 Å². The fourth-order valence-corrected chi connectivity index (χ4v) is 3.32. The maximum atomic E-state index is 13.4. The molecule has 0 amide bonds. The summed E-state index contributed by atoms with van der Waals surface area (Å²) < 4.78 is 13.4. The largest absolute Gasteiger partial charge is 0.314 e. The van der Waals surface area contributed by atoms with Gasteiger partial charge < -0.3 is 5.32 Å². The molecule has 0 heterocycles. The number of thioether (sulfide) groups is 1. The monoisotopic (exact) mass is 267 g/mol. The van der Waals surface area contributed by atoms with Gasteiger partial charge in [0.2, 0.25) is 0 Å². The van der Waals surface area contributed by atoms with Crippen LogP contribution in [0.5, 0.6) is 0 Å². The Hall–Kier alpha value is -0.540. The van der Waals surface area contributed by atoms with Crippen LogP contribution in [0.3, 0.4) is 0 Å². The Balaban J connectivity index is 1.57. The molecule has 1 saturated carbocycles. The van der Waals surface area contributed by atoms with Crippen LogP contribution in [-0.4, -0.2) is 18.3 Å². The molecule has 2 rings (SSSR count). The molecule has 0 spiro atoms. The summed E-state index contributed by atoms with van der Waals surface area (Å²) in [4.78, 5) is 0.773. The van der Waals surface area contributed by atoms with Gasteiger partial charge in [-0.25, -0.2) is 4.39 Å². The van der Waals surface area contributed by atoms with Crippen molar-refractivity contribution < 1.29 is 4.39 Å². The molecule has 18 heavy (non-hydrogen) atoms. The molecule has 1 aromatic carbocycles. The normalized spacial score (nSPS) is 16.9. The number of nitrogens with one attached hydrogen (secondary N) is 1. The molecule has 1 fully saturated rings. The van der Waals surface area contributed by atoms with E-state index >= 15 is 0 Å². The molecule has 0 saturated heterocycles. The summed E-state index contributed by atoms with van der Waals surface area (Å²) in [6, 6.07) is 7.75. The van der Waals surface area contributed by atoms with E-state index in [1.807, 2.05) is 12.1 Å². The highest BCUT2D eigenvalue weighted by atomic mass is 32.2. The van der Waals surface area contributed by atoms with Crippen LogP contribution in [0.25, 0.3) is 0 Å². The van der Waals surface area contributed by atoms with Gasteiger partial charge in [-0.05, 0) is 43.7 Å². The Morgan fingerprint density at radius 3 is 2.72 bits per heavy atom. The van der Waals surface area contributed by atoms with E-state index in [-0.39, 0.29) is 5.82 Å². The van der Waals surface area contributed by atoms with Gasteiger partial charge in [-0.3, -0.25) is 0 Å². The summed E-state index contributed by atoms with van der Waals surface area (Å²) in [6.45, 7) is 1.06. The fourth-order valence-electron chi connectivity index (χ4n) is 2.43. The minimum Gasteiger partial charge on any atom is -0.314 e. The average molecular weight is 267 g/mol. The Morgan fingerprint density at radius 2 is 1.94 bits per heavy atom. The van der Waals surface area contributed by atoms with Gasteiger partial charge >= 0.3 is 0 Å². The Morgan fingerprint density at radius 1 is 1.17 bits per heavy atom. The number of halogens is 1. The number of hydrogen-bond acceptors (Lipinski definition) is 2. The first kappa shape index (κ1) is 13.9. The van der Waals surface area contributed by atoms with Gasteiger partial charge in [-0.15, -0.1) is 11.8 Å².